The molecule has 0 radical (unpaired) electrons. The lowest BCUT2D eigenvalue weighted by Gasteiger charge is -2.13. The SMILES string of the molecule is CONc1cccc(-c2nc(-c3cc4cn(C)nc4nc3C3CC3)n(C)c2C2CC2)c1CO. The lowest BCUT2D eigenvalue weighted by atomic mass is 10.0. The molecule has 3 aromatic heterocycles. The van der Waals surface area contributed by atoms with E-state index in [1.807, 2.05) is 36.1 Å². The number of aliphatic hydroxyl groups is 1. The molecule has 2 N–H and O–H groups in total. The molecule has 6 rings (SSSR count). The number of rotatable bonds is 7. The van der Waals surface area contributed by atoms with Gasteiger partial charge in [-0.15, -0.1) is 0 Å². The molecule has 170 valence electrons. The van der Waals surface area contributed by atoms with Crippen molar-refractivity contribution >= 4 is 16.7 Å². The van der Waals surface area contributed by atoms with Crippen molar-refractivity contribution in [1.82, 2.24) is 24.3 Å². The van der Waals surface area contributed by atoms with Crippen molar-refractivity contribution in [2.75, 3.05) is 12.6 Å². The maximum absolute atomic E-state index is 10.2. The van der Waals surface area contributed by atoms with Gasteiger partial charge in [-0.2, -0.15) is 5.10 Å². The summed E-state index contributed by atoms with van der Waals surface area (Å²) in [6, 6.07) is 8.11. The number of hydrogen-bond donors (Lipinski definition) is 2. The summed E-state index contributed by atoms with van der Waals surface area (Å²) in [5.74, 6) is 1.88. The first-order valence-electron chi connectivity index (χ1n) is 11.5. The average Bonchev–Trinajstić information content (AvgIpc) is 3.73. The number of hydrogen-bond acceptors (Lipinski definition) is 6. The van der Waals surface area contributed by atoms with Crippen molar-refractivity contribution in [3.63, 3.8) is 0 Å². The second-order valence-electron chi connectivity index (χ2n) is 9.21. The van der Waals surface area contributed by atoms with Crippen LogP contribution in [-0.4, -0.2) is 36.5 Å². The highest BCUT2D eigenvalue weighted by Crippen LogP contribution is 2.49. The summed E-state index contributed by atoms with van der Waals surface area (Å²) in [4.78, 5) is 15.3. The molecule has 0 bridgehead atoms. The van der Waals surface area contributed by atoms with Gasteiger partial charge in [-0.25, -0.2) is 9.97 Å². The van der Waals surface area contributed by atoms with E-state index in [0.29, 0.717) is 11.8 Å². The summed E-state index contributed by atoms with van der Waals surface area (Å²) in [7, 11) is 5.61. The molecule has 0 aliphatic heterocycles. The Morgan fingerprint density at radius 2 is 1.88 bits per heavy atom. The van der Waals surface area contributed by atoms with Crippen LogP contribution in [0.4, 0.5) is 5.69 Å². The minimum Gasteiger partial charge on any atom is -0.392 e. The van der Waals surface area contributed by atoms with Crippen LogP contribution < -0.4 is 5.48 Å². The second-order valence-corrected chi connectivity index (χ2v) is 9.21. The van der Waals surface area contributed by atoms with Crippen LogP contribution in [0.1, 0.15) is 54.5 Å². The minimum atomic E-state index is -0.103. The van der Waals surface area contributed by atoms with E-state index in [2.05, 4.69) is 28.3 Å². The Hall–Kier alpha value is -3.23. The molecule has 33 heavy (non-hydrogen) atoms. The van der Waals surface area contributed by atoms with E-state index in [-0.39, 0.29) is 6.61 Å². The van der Waals surface area contributed by atoms with Gasteiger partial charge in [-0.3, -0.25) is 15.0 Å². The third-order valence-corrected chi connectivity index (χ3v) is 6.75. The fourth-order valence-corrected chi connectivity index (χ4v) is 4.89. The van der Waals surface area contributed by atoms with Crippen LogP contribution in [0.15, 0.2) is 30.5 Å². The number of aliphatic hydroxyl groups excluding tert-OH is 1. The Bertz CT molecular complexity index is 1360. The predicted octanol–water partition coefficient (Wildman–Crippen LogP) is 4.26. The molecule has 8 heteroatoms. The Morgan fingerprint density at radius 1 is 1.09 bits per heavy atom. The maximum atomic E-state index is 10.2. The highest BCUT2D eigenvalue weighted by Gasteiger charge is 2.35. The molecule has 2 aliphatic rings. The van der Waals surface area contributed by atoms with Crippen LogP contribution in [0, 0.1) is 0 Å². The fraction of sp³-hybridized carbons (Fsp3) is 0.400. The number of aromatic nitrogens is 5. The summed E-state index contributed by atoms with van der Waals surface area (Å²) in [5, 5.41) is 15.8. The normalized spacial score (nSPS) is 16.0. The van der Waals surface area contributed by atoms with Crippen LogP contribution in [0.2, 0.25) is 0 Å². The topological polar surface area (TPSA) is 90.0 Å². The molecular weight excluding hydrogens is 416 g/mol. The number of imidazole rings is 1. The van der Waals surface area contributed by atoms with E-state index in [9.17, 15) is 5.11 Å². The molecule has 0 spiro atoms. The van der Waals surface area contributed by atoms with Crippen molar-refractivity contribution in [3.8, 4) is 22.6 Å². The van der Waals surface area contributed by atoms with Crippen molar-refractivity contribution in [3.05, 3.63) is 47.4 Å². The fourth-order valence-electron chi connectivity index (χ4n) is 4.89. The molecule has 2 saturated carbocycles. The Balaban J connectivity index is 1.58. The summed E-state index contributed by atoms with van der Waals surface area (Å²) in [6.45, 7) is -0.103. The van der Waals surface area contributed by atoms with Gasteiger partial charge in [0.1, 0.15) is 5.82 Å². The van der Waals surface area contributed by atoms with Crippen LogP contribution in [0.5, 0.6) is 0 Å². The monoisotopic (exact) mass is 444 g/mol. The third-order valence-electron chi connectivity index (χ3n) is 6.75. The summed E-state index contributed by atoms with van der Waals surface area (Å²) in [6.07, 6.45) is 6.64. The second kappa shape index (κ2) is 7.67. The van der Waals surface area contributed by atoms with Crippen LogP contribution in [-0.2, 0) is 25.5 Å². The van der Waals surface area contributed by atoms with Gasteiger partial charge in [0, 0.05) is 59.9 Å². The van der Waals surface area contributed by atoms with Gasteiger partial charge in [0.15, 0.2) is 5.65 Å². The molecule has 2 fully saturated rings. The lowest BCUT2D eigenvalue weighted by molar-refractivity contribution is 0.262. The summed E-state index contributed by atoms with van der Waals surface area (Å²) < 4.78 is 4.06. The largest absolute Gasteiger partial charge is 0.392 e. The molecule has 3 heterocycles. The van der Waals surface area contributed by atoms with Crippen molar-refractivity contribution in [1.29, 1.82) is 0 Å². The Labute approximate surface area is 192 Å². The zero-order chi connectivity index (χ0) is 22.7. The van der Waals surface area contributed by atoms with Gasteiger partial charge in [0.2, 0.25) is 0 Å². The smallest absolute Gasteiger partial charge is 0.181 e. The van der Waals surface area contributed by atoms with Gasteiger partial charge in [-0.05, 0) is 37.8 Å². The number of benzene rings is 1. The number of anilines is 1. The molecule has 4 aromatic rings. The first kappa shape index (κ1) is 20.4. The van der Waals surface area contributed by atoms with E-state index < -0.39 is 0 Å². The number of fused-ring (bicyclic) bond motifs is 1. The quantitative estimate of drug-likeness (QED) is 0.414. The van der Waals surface area contributed by atoms with Crippen LogP contribution in [0.3, 0.4) is 0 Å². The van der Waals surface area contributed by atoms with Gasteiger partial charge >= 0.3 is 0 Å². The molecule has 2 aliphatic carbocycles. The summed E-state index contributed by atoms with van der Waals surface area (Å²) in [5.41, 5.74) is 10.5. The zero-order valence-electron chi connectivity index (χ0n) is 19.2. The Kier molecular flexibility index (Phi) is 4.74. The number of aryl methyl sites for hydroxylation is 1. The highest BCUT2D eigenvalue weighted by atomic mass is 16.6. The van der Waals surface area contributed by atoms with Gasteiger partial charge in [0.25, 0.3) is 0 Å². The van der Waals surface area contributed by atoms with E-state index in [4.69, 9.17) is 14.8 Å². The van der Waals surface area contributed by atoms with Crippen LogP contribution in [0.25, 0.3) is 33.7 Å². The Morgan fingerprint density at radius 3 is 2.58 bits per heavy atom. The van der Waals surface area contributed by atoms with Crippen LogP contribution >= 0.6 is 0 Å². The first-order valence-corrected chi connectivity index (χ1v) is 11.5. The molecule has 1 aromatic carbocycles. The first-order chi connectivity index (χ1) is 16.1. The van der Waals surface area contributed by atoms with Gasteiger partial charge < -0.3 is 9.67 Å². The van der Waals surface area contributed by atoms with E-state index in [0.717, 1.165) is 76.3 Å². The number of pyridine rings is 1. The molecule has 0 unspecified atom stereocenters. The average molecular weight is 445 g/mol. The molecular formula is C25H28N6O2. The van der Waals surface area contributed by atoms with Crippen molar-refractivity contribution in [2.24, 2.45) is 14.1 Å². The zero-order valence-corrected chi connectivity index (χ0v) is 19.2. The van der Waals surface area contributed by atoms with E-state index in [1.54, 1.807) is 7.11 Å². The minimum absolute atomic E-state index is 0.103. The molecule has 0 saturated heterocycles. The number of nitrogens with one attached hydrogen (secondary N) is 1. The number of nitrogens with zero attached hydrogens (tertiary/aromatic N) is 5. The van der Waals surface area contributed by atoms with Crippen molar-refractivity contribution in [2.45, 2.75) is 44.1 Å². The van der Waals surface area contributed by atoms with Gasteiger partial charge in [-0.1, -0.05) is 12.1 Å². The van der Waals surface area contributed by atoms with E-state index >= 15 is 0 Å². The standard InChI is InChI=1S/C25H28N6O2/c1-30-12-16-11-18(21(14-7-8-14)26-24(16)28-30)25-27-22(23(31(25)2)15-9-10-15)17-5-4-6-20(29-33-3)19(17)13-32/h4-6,11-12,14-15,29,32H,7-10,13H2,1-3H3. The predicted molar refractivity (Wildman–Crippen MR) is 127 cm³/mol. The van der Waals surface area contributed by atoms with Crippen molar-refractivity contribution < 1.29 is 9.94 Å². The molecule has 0 atom stereocenters. The summed E-state index contributed by atoms with van der Waals surface area (Å²) >= 11 is 0. The molecule has 8 nitrogen and oxygen atoms in total. The lowest BCUT2D eigenvalue weighted by Crippen LogP contribution is -2.03. The van der Waals surface area contributed by atoms with E-state index in [1.165, 1.54) is 5.69 Å². The highest BCUT2D eigenvalue weighted by molar-refractivity contribution is 5.83. The van der Waals surface area contributed by atoms with Gasteiger partial charge in [0.05, 0.1) is 30.8 Å². The third kappa shape index (κ3) is 3.41. The molecule has 0 amide bonds. The maximum Gasteiger partial charge on any atom is 0.181 e.